The van der Waals surface area contributed by atoms with Crippen LogP contribution in [0.3, 0.4) is 0 Å². The standard InChI is InChI=1S/C24H25N3O7/c1-14-12-18(28)22(23(31)27(14)2)26-24(32)25-17(13-21(29)30)15-8-10-16(11-9-15)34-20-7-5-4-6-19(20)33-3/h4-12,17,28H,13H2,1-3H3,(H,29,30)(H2,25,26,32)/t17-/m0/s1. The van der Waals surface area contributed by atoms with E-state index in [4.69, 9.17) is 9.47 Å². The van der Waals surface area contributed by atoms with E-state index in [1.165, 1.54) is 24.8 Å². The molecule has 0 bridgehead atoms. The van der Waals surface area contributed by atoms with Gasteiger partial charge in [-0.3, -0.25) is 9.59 Å². The first-order chi connectivity index (χ1) is 16.2. The Morgan fingerprint density at radius 3 is 2.35 bits per heavy atom. The Kier molecular flexibility index (Phi) is 7.42. The zero-order chi connectivity index (χ0) is 24.8. The van der Waals surface area contributed by atoms with Crippen LogP contribution in [0.4, 0.5) is 10.5 Å². The molecule has 0 unspecified atom stereocenters. The van der Waals surface area contributed by atoms with E-state index in [1.54, 1.807) is 49.4 Å². The van der Waals surface area contributed by atoms with Crippen LogP contribution in [0, 0.1) is 6.92 Å². The minimum atomic E-state index is -1.13. The molecule has 178 valence electrons. The maximum atomic E-state index is 12.5. The number of carboxylic acids is 1. The normalized spacial score (nSPS) is 11.4. The molecule has 3 rings (SSSR count). The number of aromatic nitrogens is 1. The summed E-state index contributed by atoms with van der Waals surface area (Å²) in [6.07, 6.45) is -0.405. The molecule has 0 spiro atoms. The van der Waals surface area contributed by atoms with E-state index in [2.05, 4.69) is 10.6 Å². The number of carbonyl (C=O) groups excluding carboxylic acids is 1. The Bertz CT molecular complexity index is 1250. The summed E-state index contributed by atoms with van der Waals surface area (Å²) >= 11 is 0. The lowest BCUT2D eigenvalue weighted by Gasteiger charge is -2.19. The summed E-state index contributed by atoms with van der Waals surface area (Å²) in [6.45, 7) is 1.63. The van der Waals surface area contributed by atoms with Gasteiger partial charge in [-0.1, -0.05) is 24.3 Å². The number of benzene rings is 2. The summed E-state index contributed by atoms with van der Waals surface area (Å²) in [6, 6.07) is 13.2. The lowest BCUT2D eigenvalue weighted by Crippen LogP contribution is -2.36. The van der Waals surface area contributed by atoms with E-state index in [-0.39, 0.29) is 11.4 Å². The molecule has 0 aliphatic heterocycles. The Balaban J connectivity index is 1.77. The molecule has 3 aromatic rings. The molecule has 2 aromatic carbocycles. The van der Waals surface area contributed by atoms with Gasteiger partial charge < -0.3 is 34.9 Å². The highest BCUT2D eigenvalue weighted by Gasteiger charge is 2.20. The summed E-state index contributed by atoms with van der Waals surface area (Å²) in [5, 5.41) is 24.2. The number of hydrogen-bond donors (Lipinski definition) is 4. The molecule has 0 saturated heterocycles. The lowest BCUT2D eigenvalue weighted by molar-refractivity contribution is -0.137. The van der Waals surface area contributed by atoms with Gasteiger partial charge in [-0.2, -0.15) is 0 Å². The topological polar surface area (TPSA) is 139 Å². The smallest absolute Gasteiger partial charge is 0.319 e. The van der Waals surface area contributed by atoms with Crippen LogP contribution < -0.4 is 25.7 Å². The number of hydrogen-bond acceptors (Lipinski definition) is 6. The maximum Gasteiger partial charge on any atom is 0.319 e. The SMILES string of the molecule is COc1ccccc1Oc1ccc([C@H](CC(=O)O)NC(=O)Nc2c(O)cc(C)n(C)c2=O)cc1. The van der Waals surface area contributed by atoms with E-state index in [0.717, 1.165) is 0 Å². The van der Waals surface area contributed by atoms with E-state index >= 15 is 0 Å². The summed E-state index contributed by atoms with van der Waals surface area (Å²) in [4.78, 5) is 36.3. The number of aryl methyl sites for hydroxylation is 1. The Hall–Kier alpha value is -4.47. The van der Waals surface area contributed by atoms with E-state index < -0.39 is 30.0 Å². The number of urea groups is 1. The lowest BCUT2D eigenvalue weighted by atomic mass is 10.0. The number of aromatic hydroxyl groups is 1. The number of nitrogens with one attached hydrogen (secondary N) is 2. The number of para-hydroxylation sites is 2. The second kappa shape index (κ2) is 10.4. The molecule has 0 saturated carbocycles. The number of aliphatic carboxylic acids is 1. The van der Waals surface area contributed by atoms with Crippen molar-refractivity contribution in [3.8, 4) is 23.0 Å². The molecule has 4 N–H and O–H groups in total. The number of pyridine rings is 1. The van der Waals surface area contributed by atoms with Gasteiger partial charge in [0.25, 0.3) is 5.56 Å². The number of nitrogens with zero attached hydrogens (tertiary/aromatic N) is 1. The van der Waals surface area contributed by atoms with Crippen molar-refractivity contribution in [3.05, 3.63) is 76.2 Å². The van der Waals surface area contributed by atoms with Crippen molar-refractivity contribution in [2.24, 2.45) is 7.05 Å². The summed E-state index contributed by atoms with van der Waals surface area (Å²) < 4.78 is 12.3. The molecule has 1 heterocycles. The average molecular weight is 467 g/mol. The monoisotopic (exact) mass is 467 g/mol. The van der Waals surface area contributed by atoms with Crippen LogP contribution in [0.25, 0.3) is 0 Å². The van der Waals surface area contributed by atoms with Crippen LogP contribution in [0.2, 0.25) is 0 Å². The Morgan fingerprint density at radius 2 is 1.74 bits per heavy atom. The maximum absolute atomic E-state index is 12.5. The minimum Gasteiger partial charge on any atom is -0.505 e. The fourth-order valence-electron chi connectivity index (χ4n) is 3.25. The highest BCUT2D eigenvalue weighted by Crippen LogP contribution is 2.31. The molecule has 0 aliphatic rings. The molecule has 1 aromatic heterocycles. The molecular formula is C24H25N3O7. The van der Waals surface area contributed by atoms with Crippen molar-refractivity contribution in [1.29, 1.82) is 0 Å². The number of anilines is 1. The molecule has 0 radical (unpaired) electrons. The molecule has 2 amide bonds. The predicted molar refractivity (Wildman–Crippen MR) is 125 cm³/mol. The molecule has 34 heavy (non-hydrogen) atoms. The van der Waals surface area contributed by atoms with E-state index in [0.29, 0.717) is 28.5 Å². The van der Waals surface area contributed by atoms with Gasteiger partial charge in [0, 0.05) is 18.8 Å². The fraction of sp³-hybridized carbons (Fsp3) is 0.208. The number of ether oxygens (including phenoxy) is 2. The molecule has 0 aliphatic carbocycles. The van der Waals surface area contributed by atoms with Crippen molar-refractivity contribution in [3.63, 3.8) is 0 Å². The molecular weight excluding hydrogens is 442 g/mol. The van der Waals surface area contributed by atoms with Gasteiger partial charge in [-0.15, -0.1) is 0 Å². The van der Waals surface area contributed by atoms with Crippen LogP contribution >= 0.6 is 0 Å². The van der Waals surface area contributed by atoms with E-state index in [9.17, 15) is 24.6 Å². The number of rotatable bonds is 8. The second-order valence-corrected chi connectivity index (χ2v) is 7.48. The zero-order valence-electron chi connectivity index (χ0n) is 18.9. The molecule has 1 atom stereocenters. The van der Waals surface area contributed by atoms with Crippen LogP contribution in [0.5, 0.6) is 23.0 Å². The number of amides is 2. The largest absolute Gasteiger partial charge is 0.505 e. The third-order valence-corrected chi connectivity index (χ3v) is 5.15. The van der Waals surface area contributed by atoms with Crippen LogP contribution in [0.1, 0.15) is 23.7 Å². The van der Waals surface area contributed by atoms with Gasteiger partial charge >= 0.3 is 12.0 Å². The first-order valence-corrected chi connectivity index (χ1v) is 10.3. The van der Waals surface area contributed by atoms with Gasteiger partial charge in [0.05, 0.1) is 19.6 Å². The fourth-order valence-corrected chi connectivity index (χ4v) is 3.25. The summed E-state index contributed by atoms with van der Waals surface area (Å²) in [5.41, 5.74) is 0.110. The van der Waals surface area contributed by atoms with Gasteiger partial charge in [0.1, 0.15) is 11.5 Å². The number of carbonyl (C=O) groups is 2. The van der Waals surface area contributed by atoms with Gasteiger partial charge in [-0.25, -0.2) is 4.79 Å². The second-order valence-electron chi connectivity index (χ2n) is 7.48. The highest BCUT2D eigenvalue weighted by atomic mass is 16.5. The van der Waals surface area contributed by atoms with Crippen molar-refractivity contribution in [2.45, 2.75) is 19.4 Å². The third-order valence-electron chi connectivity index (χ3n) is 5.15. The number of methoxy groups -OCH3 is 1. The summed E-state index contributed by atoms with van der Waals surface area (Å²) in [5.74, 6) is 0.0352. The van der Waals surface area contributed by atoms with Crippen LogP contribution in [-0.2, 0) is 11.8 Å². The highest BCUT2D eigenvalue weighted by molar-refractivity contribution is 5.91. The van der Waals surface area contributed by atoms with Crippen molar-refractivity contribution in [2.75, 3.05) is 12.4 Å². The minimum absolute atomic E-state index is 0.305. The van der Waals surface area contributed by atoms with Crippen LogP contribution in [-0.4, -0.2) is 33.9 Å². The molecule has 10 heteroatoms. The first-order valence-electron chi connectivity index (χ1n) is 10.3. The Morgan fingerprint density at radius 1 is 1.09 bits per heavy atom. The molecule has 0 fully saturated rings. The van der Waals surface area contributed by atoms with Crippen molar-refractivity contribution >= 4 is 17.7 Å². The first kappa shape index (κ1) is 24.2. The number of carboxylic acid groups (broad SMARTS) is 1. The third kappa shape index (κ3) is 5.66. The molecule has 10 nitrogen and oxygen atoms in total. The van der Waals surface area contributed by atoms with Gasteiger partial charge in [0.15, 0.2) is 17.2 Å². The average Bonchev–Trinajstić information content (AvgIpc) is 2.80. The Labute approximate surface area is 195 Å². The van der Waals surface area contributed by atoms with Gasteiger partial charge in [0.2, 0.25) is 0 Å². The van der Waals surface area contributed by atoms with E-state index in [1.807, 2.05) is 6.07 Å². The zero-order valence-corrected chi connectivity index (χ0v) is 18.9. The van der Waals surface area contributed by atoms with Crippen molar-refractivity contribution < 1.29 is 29.3 Å². The van der Waals surface area contributed by atoms with Gasteiger partial charge in [-0.05, 0) is 36.8 Å². The predicted octanol–water partition coefficient (Wildman–Crippen LogP) is 3.54. The quantitative estimate of drug-likeness (QED) is 0.397. The van der Waals surface area contributed by atoms with Crippen molar-refractivity contribution in [1.82, 2.24) is 9.88 Å². The van der Waals surface area contributed by atoms with Crippen LogP contribution in [0.15, 0.2) is 59.4 Å². The summed E-state index contributed by atoms with van der Waals surface area (Å²) in [7, 11) is 3.03.